The normalized spacial score (nSPS) is 13.2. The average Bonchev–Trinajstić information content (AvgIpc) is 1.82. The number of hydrogen-bond donors (Lipinski definition) is 1. The van der Waals surface area contributed by atoms with Gasteiger partial charge in [0.1, 0.15) is 0 Å². The Hall–Kier alpha value is -0.0100. The molecule has 1 atom stereocenters. The van der Waals surface area contributed by atoms with Gasteiger partial charge in [-0.15, -0.1) is 0 Å². The summed E-state index contributed by atoms with van der Waals surface area (Å²) in [5.74, 6) is 0. The Morgan fingerprint density at radius 3 is 2.67 bits per heavy atom. The highest BCUT2D eigenvalue weighted by molar-refractivity contribution is 6.29. The second-order valence-corrected chi connectivity index (χ2v) is 2.59. The fourth-order valence-corrected chi connectivity index (χ4v) is 0.663. The van der Waals surface area contributed by atoms with E-state index in [-0.39, 0.29) is 0 Å². The van der Waals surface area contributed by atoms with Gasteiger partial charge in [0.05, 0.1) is 6.10 Å². The largest absolute Gasteiger partial charge is 0.388 e. The Labute approximate surface area is 61.3 Å². The SMILES string of the molecule is C=C(Cl)C(O)CCCC. The molecule has 0 heterocycles. The number of aliphatic hydroxyl groups excluding tert-OH is 1. The van der Waals surface area contributed by atoms with Crippen LogP contribution >= 0.6 is 11.6 Å². The third-order valence-corrected chi connectivity index (χ3v) is 1.44. The molecule has 0 radical (unpaired) electrons. The summed E-state index contributed by atoms with van der Waals surface area (Å²) in [6.07, 6.45) is 2.32. The van der Waals surface area contributed by atoms with Crippen LogP contribution in [0.2, 0.25) is 0 Å². The van der Waals surface area contributed by atoms with Crippen molar-refractivity contribution in [1.82, 2.24) is 0 Å². The summed E-state index contributed by atoms with van der Waals surface area (Å²) in [5, 5.41) is 9.38. The first-order valence-electron chi connectivity index (χ1n) is 3.20. The minimum Gasteiger partial charge on any atom is -0.388 e. The summed E-state index contributed by atoms with van der Waals surface area (Å²) in [6.45, 7) is 5.50. The van der Waals surface area contributed by atoms with Gasteiger partial charge in [-0.1, -0.05) is 37.9 Å². The van der Waals surface area contributed by atoms with E-state index in [0.29, 0.717) is 5.03 Å². The van der Waals surface area contributed by atoms with E-state index >= 15 is 0 Å². The van der Waals surface area contributed by atoms with Crippen LogP contribution in [-0.4, -0.2) is 11.2 Å². The first-order chi connectivity index (χ1) is 4.18. The fourth-order valence-electron chi connectivity index (χ4n) is 0.554. The van der Waals surface area contributed by atoms with Gasteiger partial charge in [0.25, 0.3) is 0 Å². The molecular formula is C7H13ClO. The zero-order chi connectivity index (χ0) is 7.28. The second kappa shape index (κ2) is 4.83. The molecule has 0 saturated carbocycles. The molecule has 1 unspecified atom stereocenters. The Morgan fingerprint density at radius 1 is 1.78 bits per heavy atom. The van der Waals surface area contributed by atoms with Crippen molar-refractivity contribution in [3.63, 3.8) is 0 Å². The number of unbranched alkanes of at least 4 members (excludes halogenated alkanes) is 1. The van der Waals surface area contributed by atoms with Gasteiger partial charge >= 0.3 is 0 Å². The molecule has 0 aliphatic rings. The molecule has 0 rings (SSSR count). The van der Waals surface area contributed by atoms with Crippen molar-refractivity contribution < 1.29 is 5.11 Å². The first-order valence-corrected chi connectivity index (χ1v) is 3.58. The summed E-state index contributed by atoms with van der Waals surface area (Å²) in [4.78, 5) is 0. The van der Waals surface area contributed by atoms with Crippen molar-refractivity contribution in [2.24, 2.45) is 0 Å². The molecule has 2 heteroatoms. The standard InChI is InChI=1S/C7H13ClO/c1-3-4-5-7(9)6(2)8/h7,9H,2-5H2,1H3. The van der Waals surface area contributed by atoms with Crippen LogP contribution in [0.3, 0.4) is 0 Å². The van der Waals surface area contributed by atoms with E-state index in [1.165, 1.54) is 0 Å². The van der Waals surface area contributed by atoms with Crippen LogP contribution in [0.5, 0.6) is 0 Å². The lowest BCUT2D eigenvalue weighted by Crippen LogP contribution is -2.04. The number of hydrogen-bond acceptors (Lipinski definition) is 1. The third-order valence-electron chi connectivity index (χ3n) is 1.19. The first kappa shape index (κ1) is 8.99. The maximum atomic E-state index is 9.03. The summed E-state index contributed by atoms with van der Waals surface area (Å²) < 4.78 is 0. The zero-order valence-corrected chi connectivity index (χ0v) is 6.49. The lowest BCUT2D eigenvalue weighted by molar-refractivity contribution is 0.205. The second-order valence-electron chi connectivity index (χ2n) is 2.10. The van der Waals surface area contributed by atoms with E-state index < -0.39 is 6.10 Å². The highest BCUT2D eigenvalue weighted by atomic mass is 35.5. The molecule has 54 valence electrons. The molecule has 0 aromatic rings. The minimum atomic E-state index is -0.508. The van der Waals surface area contributed by atoms with Crippen molar-refractivity contribution >= 4 is 11.6 Å². The molecule has 0 aromatic carbocycles. The molecule has 0 fully saturated rings. The van der Waals surface area contributed by atoms with Crippen molar-refractivity contribution in [3.8, 4) is 0 Å². The predicted octanol–water partition coefficient (Wildman–Crippen LogP) is 2.29. The van der Waals surface area contributed by atoms with Crippen LogP contribution in [-0.2, 0) is 0 Å². The molecule has 0 saturated heterocycles. The lowest BCUT2D eigenvalue weighted by atomic mass is 10.2. The summed E-state index contributed by atoms with van der Waals surface area (Å²) in [5.41, 5.74) is 0. The van der Waals surface area contributed by atoms with Crippen LogP contribution in [0.4, 0.5) is 0 Å². The van der Waals surface area contributed by atoms with Crippen LogP contribution in [0.1, 0.15) is 26.2 Å². The summed E-state index contributed by atoms with van der Waals surface area (Å²) >= 11 is 5.42. The quantitative estimate of drug-likeness (QED) is 0.649. The summed E-state index contributed by atoms with van der Waals surface area (Å²) in [6, 6.07) is 0. The molecule has 1 nitrogen and oxygen atoms in total. The van der Waals surface area contributed by atoms with Gasteiger partial charge in [0.2, 0.25) is 0 Å². The van der Waals surface area contributed by atoms with Crippen LogP contribution in [0, 0.1) is 0 Å². The van der Waals surface area contributed by atoms with Crippen LogP contribution in [0.15, 0.2) is 11.6 Å². The highest BCUT2D eigenvalue weighted by Crippen LogP contribution is 2.10. The number of halogens is 1. The monoisotopic (exact) mass is 148 g/mol. The van der Waals surface area contributed by atoms with Gasteiger partial charge in [0, 0.05) is 5.03 Å². The number of aliphatic hydroxyl groups is 1. The molecule has 0 spiro atoms. The minimum absolute atomic E-state index is 0.350. The van der Waals surface area contributed by atoms with E-state index in [1.54, 1.807) is 0 Å². The molecule has 0 aromatic heterocycles. The molecule has 0 aliphatic heterocycles. The topological polar surface area (TPSA) is 20.2 Å². The maximum Gasteiger partial charge on any atom is 0.0889 e. The van der Waals surface area contributed by atoms with E-state index in [4.69, 9.17) is 16.7 Å². The Bertz CT molecular complexity index is 90.9. The maximum absolute atomic E-state index is 9.03. The van der Waals surface area contributed by atoms with Crippen molar-refractivity contribution in [3.05, 3.63) is 11.6 Å². The molecular weight excluding hydrogens is 136 g/mol. The van der Waals surface area contributed by atoms with Crippen LogP contribution in [0.25, 0.3) is 0 Å². The van der Waals surface area contributed by atoms with Crippen molar-refractivity contribution in [2.75, 3.05) is 0 Å². The lowest BCUT2D eigenvalue weighted by Gasteiger charge is -2.05. The smallest absolute Gasteiger partial charge is 0.0889 e. The van der Waals surface area contributed by atoms with Crippen molar-refractivity contribution in [2.45, 2.75) is 32.3 Å². The van der Waals surface area contributed by atoms with Gasteiger partial charge in [-0.25, -0.2) is 0 Å². The molecule has 9 heavy (non-hydrogen) atoms. The number of rotatable bonds is 4. The molecule has 1 N–H and O–H groups in total. The summed E-state index contributed by atoms with van der Waals surface area (Å²) in [7, 11) is 0. The van der Waals surface area contributed by atoms with Crippen molar-refractivity contribution in [1.29, 1.82) is 0 Å². The van der Waals surface area contributed by atoms with Gasteiger partial charge in [0.15, 0.2) is 0 Å². The third kappa shape index (κ3) is 4.49. The van der Waals surface area contributed by atoms with Gasteiger partial charge in [-0.05, 0) is 6.42 Å². The molecule has 0 amide bonds. The Kier molecular flexibility index (Phi) is 4.83. The van der Waals surface area contributed by atoms with Gasteiger partial charge in [-0.3, -0.25) is 0 Å². The fraction of sp³-hybridized carbons (Fsp3) is 0.714. The highest BCUT2D eigenvalue weighted by Gasteiger charge is 2.03. The van der Waals surface area contributed by atoms with Gasteiger partial charge in [-0.2, -0.15) is 0 Å². The Morgan fingerprint density at radius 2 is 2.33 bits per heavy atom. The van der Waals surface area contributed by atoms with E-state index in [2.05, 4.69) is 13.5 Å². The zero-order valence-electron chi connectivity index (χ0n) is 5.73. The molecule has 0 aliphatic carbocycles. The average molecular weight is 149 g/mol. The van der Waals surface area contributed by atoms with E-state index in [1.807, 2.05) is 0 Å². The van der Waals surface area contributed by atoms with E-state index in [9.17, 15) is 0 Å². The Balaban J connectivity index is 3.27. The predicted molar refractivity (Wildman–Crippen MR) is 40.5 cm³/mol. The van der Waals surface area contributed by atoms with Gasteiger partial charge < -0.3 is 5.11 Å². The van der Waals surface area contributed by atoms with Crippen LogP contribution < -0.4 is 0 Å². The molecule has 0 bridgehead atoms. The van der Waals surface area contributed by atoms with E-state index in [0.717, 1.165) is 19.3 Å².